The topological polar surface area (TPSA) is 111 Å². The molecule has 0 aliphatic heterocycles. The predicted molar refractivity (Wildman–Crippen MR) is 116 cm³/mol. The molecule has 1 fully saturated rings. The number of carbonyl (C=O) groups excluding carboxylic acids is 1. The second-order valence-corrected chi connectivity index (χ2v) is 7.11. The van der Waals surface area contributed by atoms with Crippen molar-refractivity contribution in [2.45, 2.75) is 25.7 Å². The van der Waals surface area contributed by atoms with Gasteiger partial charge in [-0.15, -0.1) is 0 Å². The zero-order valence-corrected chi connectivity index (χ0v) is 16.1. The number of nitrogens with two attached hydrogens (primary N) is 2. The lowest BCUT2D eigenvalue weighted by atomic mass is 10.0. The Morgan fingerprint density at radius 3 is 2.24 bits per heavy atom. The Hall–Kier alpha value is -3.67. The Bertz CT molecular complexity index is 1140. The number of nitrogen functional groups attached to an aromatic ring is 1. The fourth-order valence-electron chi connectivity index (χ4n) is 3.11. The Labute approximate surface area is 169 Å². The first-order valence-electron chi connectivity index (χ1n) is 9.74. The maximum Gasteiger partial charge on any atom is 0.254 e. The largest absolute Gasteiger partial charge is 0.382 e. The molecule has 0 atom stereocenters. The van der Waals surface area contributed by atoms with Gasteiger partial charge < -0.3 is 11.5 Å². The number of hydrogen-bond acceptors (Lipinski definition) is 4. The first-order valence-corrected chi connectivity index (χ1v) is 9.74. The summed E-state index contributed by atoms with van der Waals surface area (Å²) < 4.78 is 0. The highest BCUT2D eigenvalue weighted by Crippen LogP contribution is 2.28. The fraction of sp³-hybridized carbons (Fsp3) is 0.174. The summed E-state index contributed by atoms with van der Waals surface area (Å²) in [6, 6.07) is 19.7. The summed E-state index contributed by atoms with van der Waals surface area (Å²) in [5.74, 6) is -0.527. The number of benzene rings is 2. The third-order valence-corrected chi connectivity index (χ3v) is 5.09. The van der Waals surface area contributed by atoms with Gasteiger partial charge in [0.25, 0.3) is 5.91 Å². The maximum atomic E-state index is 11.6. The molecule has 29 heavy (non-hydrogen) atoms. The molecular formula is C23H23N5O. The number of primary amides is 1. The normalized spacial score (nSPS) is 12.7. The number of H-pyrrole nitrogens is 1. The Balaban J connectivity index is 0.000000458. The van der Waals surface area contributed by atoms with Crippen LogP contribution in [-0.4, -0.2) is 21.1 Å². The molecule has 4 aromatic rings. The molecular weight excluding hydrogens is 362 g/mol. The fourth-order valence-corrected chi connectivity index (χ4v) is 3.11. The molecule has 2 aromatic heterocycles. The van der Waals surface area contributed by atoms with Gasteiger partial charge in [-0.2, -0.15) is 5.10 Å². The summed E-state index contributed by atoms with van der Waals surface area (Å²) in [6.07, 6.45) is 6.00. The van der Waals surface area contributed by atoms with E-state index in [1.807, 2.05) is 60.7 Å². The van der Waals surface area contributed by atoms with Gasteiger partial charge in [0.1, 0.15) is 5.56 Å². The second kappa shape index (κ2) is 8.14. The lowest BCUT2D eigenvalue weighted by Crippen LogP contribution is -2.13. The number of anilines is 1. The molecule has 6 heteroatoms. The number of pyridine rings is 1. The van der Waals surface area contributed by atoms with E-state index in [0.717, 1.165) is 27.7 Å². The van der Waals surface area contributed by atoms with Crippen LogP contribution >= 0.6 is 0 Å². The van der Waals surface area contributed by atoms with Crippen molar-refractivity contribution in [2.75, 3.05) is 5.73 Å². The number of carbonyl (C=O) groups is 1. The van der Waals surface area contributed by atoms with Crippen molar-refractivity contribution in [2.24, 2.45) is 5.73 Å². The van der Waals surface area contributed by atoms with Crippen LogP contribution in [0, 0.1) is 0 Å². The van der Waals surface area contributed by atoms with Crippen molar-refractivity contribution in [3.8, 4) is 22.5 Å². The monoisotopic (exact) mass is 385 g/mol. The molecule has 146 valence electrons. The van der Waals surface area contributed by atoms with E-state index >= 15 is 0 Å². The summed E-state index contributed by atoms with van der Waals surface area (Å²) in [6.45, 7) is 0. The van der Waals surface area contributed by atoms with Crippen molar-refractivity contribution in [1.82, 2.24) is 15.2 Å². The van der Waals surface area contributed by atoms with Gasteiger partial charge in [0.2, 0.25) is 0 Å². The molecule has 0 radical (unpaired) electrons. The first-order chi connectivity index (χ1) is 14.1. The van der Waals surface area contributed by atoms with Gasteiger partial charge in [-0.3, -0.25) is 9.89 Å². The van der Waals surface area contributed by atoms with Crippen molar-refractivity contribution in [3.05, 3.63) is 66.2 Å². The lowest BCUT2D eigenvalue weighted by molar-refractivity contribution is 0.100. The standard InChI is InChI=1S/C19H15N5O.C4H8/c20-18-16(19(21)25)17(23-24-18)13-7-6-12-8-9-14(22-15(12)10-13)11-4-2-1-3-5-11;1-2-4-3-1/h1-10H,(H2,21,25)(H3,20,23,24);1-4H2. The zero-order chi connectivity index (χ0) is 20.2. The van der Waals surface area contributed by atoms with Crippen LogP contribution < -0.4 is 11.5 Å². The minimum absolute atomic E-state index is 0.0913. The Kier molecular flexibility index (Phi) is 5.24. The van der Waals surface area contributed by atoms with E-state index in [-0.39, 0.29) is 11.4 Å². The van der Waals surface area contributed by atoms with Crippen LogP contribution in [0.25, 0.3) is 33.4 Å². The van der Waals surface area contributed by atoms with Crippen LogP contribution in [0.4, 0.5) is 5.82 Å². The van der Waals surface area contributed by atoms with Crippen LogP contribution in [-0.2, 0) is 0 Å². The molecule has 0 saturated heterocycles. The highest BCUT2D eigenvalue weighted by molar-refractivity contribution is 6.03. The Morgan fingerprint density at radius 2 is 1.59 bits per heavy atom. The van der Waals surface area contributed by atoms with Gasteiger partial charge in [-0.25, -0.2) is 4.98 Å². The first kappa shape index (κ1) is 18.7. The molecule has 1 aliphatic carbocycles. The second-order valence-electron chi connectivity index (χ2n) is 7.11. The van der Waals surface area contributed by atoms with Gasteiger partial charge in [-0.1, -0.05) is 74.2 Å². The van der Waals surface area contributed by atoms with Crippen LogP contribution in [0.2, 0.25) is 0 Å². The molecule has 1 saturated carbocycles. The van der Waals surface area contributed by atoms with E-state index in [0.29, 0.717) is 5.69 Å². The van der Waals surface area contributed by atoms with Gasteiger partial charge >= 0.3 is 0 Å². The van der Waals surface area contributed by atoms with Crippen molar-refractivity contribution in [1.29, 1.82) is 0 Å². The van der Waals surface area contributed by atoms with Gasteiger partial charge in [0.15, 0.2) is 5.82 Å². The van der Waals surface area contributed by atoms with E-state index in [4.69, 9.17) is 16.5 Å². The summed E-state index contributed by atoms with van der Waals surface area (Å²) in [7, 11) is 0. The average molecular weight is 385 g/mol. The van der Waals surface area contributed by atoms with Crippen molar-refractivity contribution >= 4 is 22.6 Å². The summed E-state index contributed by atoms with van der Waals surface area (Å²) >= 11 is 0. The number of nitrogens with one attached hydrogen (secondary N) is 1. The molecule has 5 rings (SSSR count). The number of rotatable bonds is 3. The molecule has 2 aromatic carbocycles. The minimum Gasteiger partial charge on any atom is -0.382 e. The zero-order valence-electron chi connectivity index (χ0n) is 16.1. The van der Waals surface area contributed by atoms with Crippen molar-refractivity contribution < 1.29 is 4.79 Å². The number of fused-ring (bicyclic) bond motifs is 1. The molecule has 0 unspecified atom stereocenters. The molecule has 5 N–H and O–H groups in total. The highest BCUT2D eigenvalue weighted by Gasteiger charge is 2.17. The van der Waals surface area contributed by atoms with Crippen LogP contribution in [0.15, 0.2) is 60.7 Å². The van der Waals surface area contributed by atoms with E-state index in [1.54, 1.807) is 0 Å². The van der Waals surface area contributed by atoms with Crippen LogP contribution in [0.5, 0.6) is 0 Å². The predicted octanol–water partition coefficient (Wildman–Crippen LogP) is 4.53. The smallest absolute Gasteiger partial charge is 0.254 e. The number of aromatic nitrogens is 3. The molecule has 2 heterocycles. The number of nitrogens with zero attached hydrogens (tertiary/aromatic N) is 2. The molecule has 0 spiro atoms. The van der Waals surface area contributed by atoms with Gasteiger partial charge in [0, 0.05) is 16.5 Å². The van der Waals surface area contributed by atoms with Gasteiger partial charge in [0.05, 0.1) is 16.9 Å². The summed E-state index contributed by atoms with van der Waals surface area (Å²) in [5.41, 5.74) is 15.3. The van der Waals surface area contributed by atoms with Crippen LogP contribution in [0.3, 0.4) is 0 Å². The maximum absolute atomic E-state index is 11.6. The van der Waals surface area contributed by atoms with Crippen LogP contribution in [0.1, 0.15) is 36.0 Å². The van der Waals surface area contributed by atoms with E-state index < -0.39 is 5.91 Å². The SMILES string of the molecule is C1CCC1.NC(=O)c1c(N)n[nH]c1-c1ccc2ccc(-c3ccccc3)nc2c1. The summed E-state index contributed by atoms with van der Waals surface area (Å²) in [5, 5.41) is 7.67. The molecule has 1 aliphatic rings. The lowest BCUT2D eigenvalue weighted by Gasteiger charge is -2.06. The average Bonchev–Trinajstić information content (AvgIpc) is 3.08. The molecule has 0 bridgehead atoms. The van der Waals surface area contributed by atoms with E-state index in [2.05, 4.69) is 10.2 Å². The van der Waals surface area contributed by atoms with E-state index in [1.165, 1.54) is 25.7 Å². The highest BCUT2D eigenvalue weighted by atomic mass is 16.1. The van der Waals surface area contributed by atoms with Gasteiger partial charge in [-0.05, 0) is 12.1 Å². The van der Waals surface area contributed by atoms with E-state index in [9.17, 15) is 4.79 Å². The third kappa shape index (κ3) is 3.96. The quantitative estimate of drug-likeness (QED) is 0.481. The number of hydrogen-bond donors (Lipinski definition) is 3. The summed E-state index contributed by atoms with van der Waals surface area (Å²) in [4.78, 5) is 16.4. The Morgan fingerprint density at radius 1 is 0.897 bits per heavy atom. The van der Waals surface area contributed by atoms with Crippen molar-refractivity contribution in [3.63, 3.8) is 0 Å². The number of amides is 1. The minimum atomic E-state index is -0.618. The molecule has 6 nitrogen and oxygen atoms in total. The third-order valence-electron chi connectivity index (χ3n) is 5.09. The molecule has 1 amide bonds. The number of aromatic amines is 1.